The van der Waals surface area contributed by atoms with Crippen molar-refractivity contribution in [1.82, 2.24) is 14.9 Å². The van der Waals surface area contributed by atoms with Crippen LogP contribution < -0.4 is 10.5 Å². The van der Waals surface area contributed by atoms with Gasteiger partial charge in [-0.3, -0.25) is 9.69 Å². The maximum atomic E-state index is 13.4. The topological polar surface area (TPSA) is 93.7 Å². The van der Waals surface area contributed by atoms with E-state index in [4.69, 9.17) is 10.5 Å². The Bertz CT molecular complexity index is 1100. The molecule has 2 unspecified atom stereocenters. The van der Waals surface area contributed by atoms with Crippen molar-refractivity contribution in [2.45, 2.75) is 18.8 Å². The third-order valence-corrected chi connectivity index (χ3v) is 4.98. The van der Waals surface area contributed by atoms with E-state index in [2.05, 4.69) is 15.0 Å². The summed E-state index contributed by atoms with van der Waals surface area (Å²) >= 11 is 0. The number of guanidine groups is 1. The van der Waals surface area contributed by atoms with E-state index in [0.29, 0.717) is 16.9 Å². The van der Waals surface area contributed by atoms with Crippen LogP contribution in [0.5, 0.6) is 5.75 Å². The summed E-state index contributed by atoms with van der Waals surface area (Å²) in [5.41, 5.74) is 7.57. The number of carbonyl (C=O) groups is 1. The first-order valence-corrected chi connectivity index (χ1v) is 9.32. The Labute approximate surface area is 173 Å². The standard InChI is InChI=1S/C22H20FN5O2/c1-14(23)30-19-8-6-17(7-9-19)22(20(29)28(2)21(24)27-22)18-5-3-4-15(10-18)16-11-25-13-26-12-16/h3-14H,1-2H3,(H2,24,27). The maximum absolute atomic E-state index is 13.4. The van der Waals surface area contributed by atoms with E-state index >= 15 is 0 Å². The largest absolute Gasteiger partial charge is 0.461 e. The molecular weight excluding hydrogens is 385 g/mol. The lowest BCUT2D eigenvalue weighted by Gasteiger charge is -2.26. The highest BCUT2D eigenvalue weighted by atomic mass is 19.1. The average molecular weight is 405 g/mol. The van der Waals surface area contributed by atoms with Crippen molar-refractivity contribution in [1.29, 1.82) is 0 Å². The van der Waals surface area contributed by atoms with Crippen LogP contribution in [0.3, 0.4) is 0 Å². The summed E-state index contributed by atoms with van der Waals surface area (Å²) in [6.45, 7) is 1.30. The summed E-state index contributed by atoms with van der Waals surface area (Å²) in [5, 5.41) is 0. The second-order valence-corrected chi connectivity index (χ2v) is 6.94. The number of aromatic nitrogens is 2. The molecule has 0 saturated carbocycles. The van der Waals surface area contributed by atoms with Gasteiger partial charge in [-0.25, -0.2) is 19.4 Å². The molecule has 0 radical (unpaired) electrons. The van der Waals surface area contributed by atoms with Gasteiger partial charge in [-0.2, -0.15) is 0 Å². The van der Waals surface area contributed by atoms with Gasteiger partial charge in [0.1, 0.15) is 12.1 Å². The number of rotatable bonds is 5. The van der Waals surface area contributed by atoms with Gasteiger partial charge < -0.3 is 10.5 Å². The first-order valence-electron chi connectivity index (χ1n) is 9.32. The van der Waals surface area contributed by atoms with Crippen LogP contribution in [0.15, 0.2) is 72.2 Å². The van der Waals surface area contributed by atoms with Crippen molar-refractivity contribution in [2.75, 3.05) is 7.05 Å². The van der Waals surface area contributed by atoms with Crippen LogP contribution in [0, 0.1) is 0 Å². The molecular formula is C22H20FN5O2. The lowest BCUT2D eigenvalue weighted by atomic mass is 9.82. The van der Waals surface area contributed by atoms with Gasteiger partial charge in [0.15, 0.2) is 11.5 Å². The van der Waals surface area contributed by atoms with Gasteiger partial charge in [0, 0.05) is 31.9 Å². The molecule has 30 heavy (non-hydrogen) atoms. The monoisotopic (exact) mass is 405 g/mol. The fourth-order valence-electron chi connectivity index (χ4n) is 3.52. The number of amides is 1. The molecule has 2 N–H and O–H groups in total. The number of nitrogens with zero attached hydrogens (tertiary/aromatic N) is 4. The highest BCUT2D eigenvalue weighted by Gasteiger charge is 2.49. The lowest BCUT2D eigenvalue weighted by Crippen LogP contribution is -2.41. The quantitative estimate of drug-likeness (QED) is 0.705. The molecule has 1 aliphatic rings. The van der Waals surface area contributed by atoms with E-state index in [0.717, 1.165) is 11.1 Å². The minimum atomic E-state index is -1.44. The molecule has 1 aliphatic heterocycles. The molecule has 1 amide bonds. The molecule has 0 saturated heterocycles. The number of carbonyl (C=O) groups excluding carboxylic acids is 1. The van der Waals surface area contributed by atoms with Gasteiger partial charge in [0.2, 0.25) is 6.36 Å². The Morgan fingerprint density at radius 2 is 1.77 bits per heavy atom. The van der Waals surface area contributed by atoms with E-state index in [1.54, 1.807) is 43.7 Å². The van der Waals surface area contributed by atoms with Crippen LogP contribution in [-0.4, -0.2) is 40.1 Å². The number of halogens is 1. The zero-order chi connectivity index (χ0) is 21.3. The molecule has 0 fully saturated rings. The first-order chi connectivity index (χ1) is 14.4. The summed E-state index contributed by atoms with van der Waals surface area (Å²) < 4.78 is 18.2. The summed E-state index contributed by atoms with van der Waals surface area (Å²) in [6, 6.07) is 14.1. The SMILES string of the molecule is CC(F)Oc1ccc(C2(c3cccc(-c4cncnc4)c3)N=C(N)N(C)C2=O)cc1. The van der Waals surface area contributed by atoms with Crippen molar-refractivity contribution >= 4 is 11.9 Å². The van der Waals surface area contributed by atoms with Crippen molar-refractivity contribution in [2.24, 2.45) is 10.7 Å². The Hall–Kier alpha value is -3.81. The molecule has 0 bridgehead atoms. The van der Waals surface area contributed by atoms with Crippen molar-refractivity contribution in [3.63, 3.8) is 0 Å². The Kier molecular flexibility index (Phi) is 4.91. The van der Waals surface area contributed by atoms with E-state index in [9.17, 15) is 9.18 Å². The number of ether oxygens (including phenoxy) is 1. The first kappa shape index (κ1) is 19.5. The highest BCUT2D eigenvalue weighted by molar-refractivity contribution is 6.09. The van der Waals surface area contributed by atoms with Crippen LogP contribution in [0.4, 0.5) is 4.39 Å². The zero-order valence-corrected chi connectivity index (χ0v) is 16.5. The number of aliphatic imine (C=N–C) groups is 1. The van der Waals surface area contributed by atoms with Crippen molar-refractivity contribution in [3.05, 3.63) is 78.4 Å². The number of hydrogen-bond donors (Lipinski definition) is 1. The molecule has 4 rings (SSSR count). The molecule has 1 aromatic heterocycles. The van der Waals surface area contributed by atoms with Crippen LogP contribution in [0.2, 0.25) is 0 Å². The van der Waals surface area contributed by atoms with Gasteiger partial charge >= 0.3 is 0 Å². The lowest BCUT2D eigenvalue weighted by molar-refractivity contribution is -0.129. The normalized spacial score (nSPS) is 19.5. The molecule has 0 spiro atoms. The number of alkyl halides is 1. The van der Waals surface area contributed by atoms with E-state index in [1.807, 2.05) is 24.3 Å². The number of likely N-dealkylation sites (N-methyl/N-ethyl adjacent to an activating group) is 1. The number of hydrogen-bond acceptors (Lipinski definition) is 6. The predicted octanol–water partition coefficient (Wildman–Crippen LogP) is 2.87. The molecule has 7 nitrogen and oxygen atoms in total. The third kappa shape index (κ3) is 3.26. The molecule has 3 aromatic rings. The number of nitrogens with two attached hydrogens (primary N) is 1. The molecule has 0 aliphatic carbocycles. The third-order valence-electron chi connectivity index (χ3n) is 4.98. The van der Waals surface area contributed by atoms with Gasteiger partial charge in [-0.15, -0.1) is 0 Å². The maximum Gasteiger partial charge on any atom is 0.266 e. The minimum absolute atomic E-state index is 0.117. The molecule has 2 aromatic carbocycles. The van der Waals surface area contributed by atoms with Crippen molar-refractivity contribution in [3.8, 4) is 16.9 Å². The molecule has 2 atom stereocenters. The average Bonchev–Trinajstić information content (AvgIpc) is 2.99. The molecule has 152 valence electrons. The summed E-state index contributed by atoms with van der Waals surface area (Å²) in [7, 11) is 1.58. The van der Waals surface area contributed by atoms with E-state index < -0.39 is 11.9 Å². The Balaban J connectivity index is 1.86. The predicted molar refractivity (Wildman–Crippen MR) is 110 cm³/mol. The van der Waals surface area contributed by atoms with Crippen LogP contribution in [-0.2, 0) is 10.3 Å². The van der Waals surface area contributed by atoms with Gasteiger partial charge in [-0.05, 0) is 34.9 Å². The summed E-state index contributed by atoms with van der Waals surface area (Å²) in [5.74, 6) is 0.190. The number of benzene rings is 2. The van der Waals surface area contributed by atoms with Gasteiger partial charge in [-0.1, -0.05) is 30.3 Å². The highest BCUT2D eigenvalue weighted by Crippen LogP contribution is 2.41. The molecule has 2 heterocycles. The van der Waals surface area contributed by atoms with E-state index in [1.165, 1.54) is 18.2 Å². The Morgan fingerprint density at radius 3 is 2.37 bits per heavy atom. The zero-order valence-electron chi connectivity index (χ0n) is 16.5. The van der Waals surface area contributed by atoms with Crippen molar-refractivity contribution < 1.29 is 13.9 Å². The molecule has 8 heteroatoms. The minimum Gasteiger partial charge on any atom is -0.461 e. The Morgan fingerprint density at radius 1 is 1.07 bits per heavy atom. The second kappa shape index (κ2) is 7.55. The van der Waals surface area contributed by atoms with Gasteiger partial charge in [0.25, 0.3) is 5.91 Å². The van der Waals surface area contributed by atoms with Gasteiger partial charge in [0.05, 0.1) is 0 Å². The summed E-state index contributed by atoms with van der Waals surface area (Å²) in [4.78, 5) is 27.4. The van der Waals surface area contributed by atoms with Crippen LogP contribution >= 0.6 is 0 Å². The van der Waals surface area contributed by atoms with Crippen LogP contribution in [0.25, 0.3) is 11.1 Å². The fraction of sp³-hybridized carbons (Fsp3) is 0.182. The van der Waals surface area contributed by atoms with E-state index in [-0.39, 0.29) is 11.9 Å². The summed E-state index contributed by atoms with van der Waals surface area (Å²) in [6.07, 6.45) is 3.41. The fourth-order valence-corrected chi connectivity index (χ4v) is 3.52. The van der Waals surface area contributed by atoms with Crippen LogP contribution in [0.1, 0.15) is 18.1 Å². The smallest absolute Gasteiger partial charge is 0.266 e. The second-order valence-electron chi connectivity index (χ2n) is 6.94.